The maximum absolute atomic E-state index is 11.8. The summed E-state index contributed by atoms with van der Waals surface area (Å²) in [6, 6.07) is 11.3. The van der Waals surface area contributed by atoms with E-state index in [9.17, 15) is 4.79 Å². The Morgan fingerprint density at radius 1 is 1.06 bits per heavy atom. The van der Waals surface area contributed by atoms with Gasteiger partial charge in [0.25, 0.3) is 5.91 Å². The van der Waals surface area contributed by atoms with Crippen LogP contribution in [-0.2, 0) is 6.54 Å². The Morgan fingerprint density at radius 3 is 2.33 bits per heavy atom. The molecule has 0 saturated carbocycles. The summed E-state index contributed by atoms with van der Waals surface area (Å²) in [7, 11) is 0. The first-order chi connectivity index (χ1) is 8.65. The van der Waals surface area contributed by atoms with Crippen molar-refractivity contribution in [2.75, 3.05) is 0 Å². The lowest BCUT2D eigenvalue weighted by atomic mass is 10.2. The third-order valence-corrected chi connectivity index (χ3v) is 3.32. The number of halogens is 2. The molecule has 0 aliphatic heterocycles. The van der Waals surface area contributed by atoms with E-state index in [1.165, 1.54) is 0 Å². The van der Waals surface area contributed by atoms with Gasteiger partial charge >= 0.3 is 0 Å². The second-order valence-corrected chi connectivity index (χ2v) is 5.50. The average molecular weight is 370 g/mol. The molecule has 0 spiro atoms. The van der Waals surface area contributed by atoms with Crippen LogP contribution < -0.4 is 5.32 Å². The first-order valence-electron chi connectivity index (χ1n) is 5.29. The number of rotatable bonds is 3. The Kier molecular flexibility index (Phi) is 4.49. The summed E-state index contributed by atoms with van der Waals surface area (Å²) < 4.78 is 1.87. The summed E-state index contributed by atoms with van der Waals surface area (Å²) >= 11 is 6.65. The normalized spacial score (nSPS) is 10.1. The van der Waals surface area contributed by atoms with Crippen LogP contribution in [-0.4, -0.2) is 10.9 Å². The van der Waals surface area contributed by atoms with Crippen LogP contribution in [0.25, 0.3) is 0 Å². The third kappa shape index (κ3) is 3.65. The molecule has 92 valence electrons. The second-order valence-electron chi connectivity index (χ2n) is 3.67. The molecule has 0 saturated heterocycles. The SMILES string of the molecule is O=C(NCc1ccc(Br)cc1)c1ccc(Br)cn1. The van der Waals surface area contributed by atoms with Crippen LogP contribution in [0.2, 0.25) is 0 Å². The number of nitrogens with one attached hydrogen (secondary N) is 1. The molecule has 1 heterocycles. The van der Waals surface area contributed by atoms with Crippen molar-refractivity contribution in [2.24, 2.45) is 0 Å². The molecule has 5 heteroatoms. The van der Waals surface area contributed by atoms with E-state index in [4.69, 9.17) is 0 Å². The van der Waals surface area contributed by atoms with E-state index in [-0.39, 0.29) is 5.91 Å². The van der Waals surface area contributed by atoms with Gasteiger partial charge in [-0.3, -0.25) is 4.79 Å². The highest BCUT2D eigenvalue weighted by Gasteiger charge is 2.06. The van der Waals surface area contributed by atoms with Crippen LogP contribution in [0, 0.1) is 0 Å². The van der Waals surface area contributed by atoms with Crippen molar-refractivity contribution in [3.8, 4) is 0 Å². The summed E-state index contributed by atoms with van der Waals surface area (Å²) in [6.45, 7) is 0.490. The fourth-order valence-corrected chi connectivity index (χ4v) is 1.88. The summed E-state index contributed by atoms with van der Waals surface area (Å²) in [6.07, 6.45) is 1.61. The van der Waals surface area contributed by atoms with E-state index in [2.05, 4.69) is 42.2 Å². The molecule has 1 aromatic carbocycles. The van der Waals surface area contributed by atoms with Crippen molar-refractivity contribution in [3.05, 3.63) is 62.8 Å². The van der Waals surface area contributed by atoms with E-state index < -0.39 is 0 Å². The van der Waals surface area contributed by atoms with Crippen molar-refractivity contribution in [2.45, 2.75) is 6.54 Å². The van der Waals surface area contributed by atoms with Crippen LogP contribution in [0.3, 0.4) is 0 Å². The molecule has 3 nitrogen and oxygen atoms in total. The van der Waals surface area contributed by atoms with E-state index >= 15 is 0 Å². The highest BCUT2D eigenvalue weighted by molar-refractivity contribution is 9.10. The number of hydrogen-bond acceptors (Lipinski definition) is 2. The summed E-state index contributed by atoms with van der Waals surface area (Å²) in [5, 5.41) is 2.82. The topological polar surface area (TPSA) is 42.0 Å². The van der Waals surface area contributed by atoms with Gasteiger partial charge in [0.15, 0.2) is 0 Å². The zero-order valence-corrected chi connectivity index (χ0v) is 12.5. The van der Waals surface area contributed by atoms with E-state index in [1.54, 1.807) is 18.3 Å². The lowest BCUT2D eigenvalue weighted by molar-refractivity contribution is 0.0946. The smallest absolute Gasteiger partial charge is 0.270 e. The number of amides is 1. The first-order valence-corrected chi connectivity index (χ1v) is 6.88. The summed E-state index contributed by atoms with van der Waals surface area (Å²) in [5.74, 6) is -0.176. The predicted molar refractivity (Wildman–Crippen MR) is 77.2 cm³/mol. The van der Waals surface area contributed by atoms with Crippen molar-refractivity contribution in [3.63, 3.8) is 0 Å². The molecule has 2 rings (SSSR count). The van der Waals surface area contributed by atoms with E-state index in [0.29, 0.717) is 12.2 Å². The van der Waals surface area contributed by atoms with Gasteiger partial charge < -0.3 is 5.32 Å². The lowest BCUT2D eigenvalue weighted by Gasteiger charge is -2.05. The molecule has 0 unspecified atom stereocenters. The van der Waals surface area contributed by atoms with Gasteiger partial charge in [-0.15, -0.1) is 0 Å². The van der Waals surface area contributed by atoms with E-state index in [0.717, 1.165) is 14.5 Å². The Hall–Kier alpha value is -1.20. The standard InChI is InChI=1S/C13H10Br2N2O/c14-10-3-1-9(2-4-10)7-17-13(18)12-6-5-11(15)8-16-12/h1-6,8H,7H2,(H,17,18). The minimum Gasteiger partial charge on any atom is -0.347 e. The zero-order chi connectivity index (χ0) is 13.0. The Morgan fingerprint density at radius 2 is 1.72 bits per heavy atom. The number of benzene rings is 1. The van der Waals surface area contributed by atoms with Crippen molar-refractivity contribution in [1.82, 2.24) is 10.3 Å². The summed E-state index contributed by atoms with van der Waals surface area (Å²) in [5.41, 5.74) is 1.46. The van der Waals surface area contributed by atoms with Gasteiger partial charge in [0.1, 0.15) is 5.69 Å². The minimum absolute atomic E-state index is 0.176. The molecule has 0 aliphatic rings. The minimum atomic E-state index is -0.176. The molecule has 0 radical (unpaired) electrons. The Bertz CT molecular complexity index is 538. The second kappa shape index (κ2) is 6.11. The monoisotopic (exact) mass is 368 g/mol. The third-order valence-electron chi connectivity index (χ3n) is 2.33. The number of carbonyl (C=O) groups is 1. The molecule has 2 aromatic rings. The summed E-state index contributed by atoms with van der Waals surface area (Å²) in [4.78, 5) is 15.8. The molecule has 18 heavy (non-hydrogen) atoms. The molecule has 1 aromatic heterocycles. The van der Waals surface area contributed by atoms with Gasteiger partial charge in [-0.25, -0.2) is 4.98 Å². The molecule has 0 aliphatic carbocycles. The maximum Gasteiger partial charge on any atom is 0.270 e. The maximum atomic E-state index is 11.8. The fraction of sp³-hybridized carbons (Fsp3) is 0.0769. The Labute approximate surface area is 122 Å². The number of aromatic nitrogens is 1. The predicted octanol–water partition coefficient (Wildman–Crippen LogP) is 3.54. The highest BCUT2D eigenvalue weighted by atomic mass is 79.9. The van der Waals surface area contributed by atoms with Crippen molar-refractivity contribution >= 4 is 37.8 Å². The molecule has 0 bridgehead atoms. The number of hydrogen-bond donors (Lipinski definition) is 1. The van der Waals surface area contributed by atoms with Crippen LogP contribution in [0.1, 0.15) is 16.1 Å². The Balaban J connectivity index is 1.96. The lowest BCUT2D eigenvalue weighted by Crippen LogP contribution is -2.23. The molecule has 0 atom stereocenters. The van der Waals surface area contributed by atoms with Crippen LogP contribution >= 0.6 is 31.9 Å². The van der Waals surface area contributed by atoms with Gasteiger partial charge in [0.2, 0.25) is 0 Å². The number of pyridine rings is 1. The van der Waals surface area contributed by atoms with Crippen LogP contribution in [0.4, 0.5) is 0 Å². The van der Waals surface area contributed by atoms with Gasteiger partial charge in [-0.2, -0.15) is 0 Å². The van der Waals surface area contributed by atoms with Crippen molar-refractivity contribution in [1.29, 1.82) is 0 Å². The molecular formula is C13H10Br2N2O. The number of carbonyl (C=O) groups excluding carboxylic acids is 1. The fourth-order valence-electron chi connectivity index (χ4n) is 1.39. The highest BCUT2D eigenvalue weighted by Crippen LogP contribution is 2.11. The van der Waals surface area contributed by atoms with E-state index in [1.807, 2.05) is 24.3 Å². The van der Waals surface area contributed by atoms with Gasteiger partial charge in [0.05, 0.1) is 0 Å². The van der Waals surface area contributed by atoms with Crippen LogP contribution in [0.5, 0.6) is 0 Å². The molecule has 1 N–H and O–H groups in total. The van der Waals surface area contributed by atoms with Gasteiger partial charge in [-0.05, 0) is 45.8 Å². The molecule has 0 fully saturated rings. The zero-order valence-electron chi connectivity index (χ0n) is 9.36. The van der Waals surface area contributed by atoms with Crippen molar-refractivity contribution < 1.29 is 4.79 Å². The number of nitrogens with zero attached hydrogens (tertiary/aromatic N) is 1. The van der Waals surface area contributed by atoms with Gasteiger partial charge in [-0.1, -0.05) is 28.1 Å². The van der Waals surface area contributed by atoms with Crippen LogP contribution in [0.15, 0.2) is 51.5 Å². The average Bonchev–Trinajstić information content (AvgIpc) is 2.38. The van der Waals surface area contributed by atoms with Gasteiger partial charge in [0, 0.05) is 21.7 Å². The quantitative estimate of drug-likeness (QED) is 0.899. The first kappa shape index (κ1) is 13.2. The molecule has 1 amide bonds. The largest absolute Gasteiger partial charge is 0.347 e. The molecular weight excluding hydrogens is 360 g/mol.